The van der Waals surface area contributed by atoms with Crippen LogP contribution in [0.4, 0.5) is 5.69 Å². The average molecular weight is 485 g/mol. The third-order valence-corrected chi connectivity index (χ3v) is 7.56. The summed E-state index contributed by atoms with van der Waals surface area (Å²) in [6.45, 7) is 2.06. The molecule has 6 rings (SSSR count). The van der Waals surface area contributed by atoms with Crippen molar-refractivity contribution in [2.24, 2.45) is 4.99 Å². The summed E-state index contributed by atoms with van der Waals surface area (Å²) < 4.78 is 0. The van der Waals surface area contributed by atoms with Crippen molar-refractivity contribution in [2.75, 3.05) is 0 Å². The monoisotopic (exact) mass is 484 g/mol. The van der Waals surface area contributed by atoms with Gasteiger partial charge in [0.2, 0.25) is 0 Å². The summed E-state index contributed by atoms with van der Waals surface area (Å²) in [6.07, 6.45) is 2.05. The lowest BCUT2D eigenvalue weighted by Crippen LogP contribution is -2.32. The van der Waals surface area contributed by atoms with Crippen LogP contribution < -0.4 is 0 Å². The van der Waals surface area contributed by atoms with E-state index in [-0.39, 0.29) is 11.9 Å². The number of aliphatic imine (C=N–C) groups is 1. The van der Waals surface area contributed by atoms with Crippen molar-refractivity contribution in [3.05, 3.63) is 131 Å². The van der Waals surface area contributed by atoms with Crippen LogP contribution in [0, 0.1) is 0 Å². The van der Waals surface area contributed by atoms with Gasteiger partial charge in [-0.25, -0.2) is 4.99 Å². The number of hydrogen-bond acceptors (Lipinski definition) is 3. The van der Waals surface area contributed by atoms with E-state index in [2.05, 4.69) is 79.7 Å². The summed E-state index contributed by atoms with van der Waals surface area (Å²) >= 11 is 1.44. The molecule has 1 fully saturated rings. The van der Waals surface area contributed by atoms with E-state index in [9.17, 15) is 4.79 Å². The van der Waals surface area contributed by atoms with Gasteiger partial charge in [0.15, 0.2) is 5.17 Å². The quantitative estimate of drug-likeness (QED) is 0.190. The molecule has 0 aromatic heterocycles. The molecule has 0 saturated carbocycles. The molecule has 0 spiro atoms. The lowest BCUT2D eigenvalue weighted by atomic mass is 9.96. The number of carbonyl (C=O) groups is 1. The van der Waals surface area contributed by atoms with Crippen LogP contribution >= 0.6 is 11.8 Å². The van der Waals surface area contributed by atoms with Crippen LogP contribution in [0.15, 0.2) is 125 Å². The zero-order valence-corrected chi connectivity index (χ0v) is 20.7. The molecular weight excluding hydrogens is 460 g/mol. The molecule has 0 N–H and O–H groups in total. The number of carbonyl (C=O) groups excluding carboxylic acids is 1. The minimum atomic E-state index is -0.149. The first-order valence-electron chi connectivity index (χ1n) is 12.0. The third kappa shape index (κ3) is 4.10. The highest BCUT2D eigenvalue weighted by Crippen LogP contribution is 2.41. The van der Waals surface area contributed by atoms with Gasteiger partial charge >= 0.3 is 0 Å². The van der Waals surface area contributed by atoms with E-state index in [1.165, 1.54) is 11.8 Å². The lowest BCUT2D eigenvalue weighted by Gasteiger charge is -2.24. The molecule has 1 saturated heterocycles. The molecule has 3 nitrogen and oxygen atoms in total. The summed E-state index contributed by atoms with van der Waals surface area (Å²) in [5.74, 6) is -0.0250. The summed E-state index contributed by atoms with van der Waals surface area (Å²) in [4.78, 5) is 21.4. The van der Waals surface area contributed by atoms with Crippen LogP contribution in [0.1, 0.15) is 24.1 Å². The Kier molecular flexibility index (Phi) is 5.88. The van der Waals surface area contributed by atoms with Gasteiger partial charge < -0.3 is 0 Å². The Morgan fingerprint density at radius 2 is 1.31 bits per heavy atom. The number of para-hydroxylation sites is 1. The predicted molar refractivity (Wildman–Crippen MR) is 152 cm³/mol. The second kappa shape index (κ2) is 9.48. The normalized spacial score (nSPS) is 16.9. The fourth-order valence-corrected chi connectivity index (χ4v) is 5.78. The Hall–Kier alpha value is -4.15. The van der Waals surface area contributed by atoms with E-state index in [0.29, 0.717) is 10.1 Å². The maximum Gasteiger partial charge on any atom is 0.267 e. The lowest BCUT2D eigenvalue weighted by molar-refractivity contribution is -0.123. The zero-order chi connectivity index (χ0) is 24.5. The van der Waals surface area contributed by atoms with Crippen molar-refractivity contribution in [3.8, 4) is 0 Å². The number of benzene rings is 5. The van der Waals surface area contributed by atoms with Crippen LogP contribution in [-0.2, 0) is 4.79 Å². The van der Waals surface area contributed by atoms with Gasteiger partial charge in [-0.3, -0.25) is 9.69 Å². The number of hydrogen-bond donors (Lipinski definition) is 0. The molecule has 4 heteroatoms. The van der Waals surface area contributed by atoms with Crippen LogP contribution in [0.25, 0.3) is 27.6 Å². The van der Waals surface area contributed by atoms with Crippen molar-refractivity contribution < 1.29 is 4.79 Å². The molecule has 1 aliphatic heterocycles. The largest absolute Gasteiger partial charge is 0.279 e. The van der Waals surface area contributed by atoms with Crippen molar-refractivity contribution in [3.63, 3.8) is 0 Å². The second-order valence-electron chi connectivity index (χ2n) is 8.83. The average Bonchev–Trinajstić information content (AvgIpc) is 3.23. The molecule has 1 amide bonds. The molecule has 174 valence electrons. The molecule has 5 aromatic rings. The first-order chi connectivity index (χ1) is 17.7. The minimum Gasteiger partial charge on any atom is -0.279 e. The van der Waals surface area contributed by atoms with Gasteiger partial charge in [-0.05, 0) is 75.6 Å². The Bertz CT molecular complexity index is 1590. The van der Waals surface area contributed by atoms with Crippen LogP contribution in [0.2, 0.25) is 0 Å². The number of nitrogens with zero attached hydrogens (tertiary/aromatic N) is 2. The van der Waals surface area contributed by atoms with Gasteiger partial charge in [-0.1, -0.05) is 97.1 Å². The predicted octanol–water partition coefficient (Wildman–Crippen LogP) is 8.36. The van der Waals surface area contributed by atoms with Crippen molar-refractivity contribution in [1.82, 2.24) is 4.90 Å². The molecule has 36 heavy (non-hydrogen) atoms. The summed E-state index contributed by atoms with van der Waals surface area (Å²) in [6, 6.07) is 38.7. The standard InChI is InChI=1S/C32H24N2OS/c1-22(23-12-4-2-5-13-23)34-31(35)30(36-32(34)33-26-16-6-3-7-17-26)21-29-27-18-10-8-14-24(27)20-25-15-9-11-19-28(25)29/h2-22H,1H3/b30-21+,33-32?/t22-/m0/s1. The van der Waals surface area contributed by atoms with Gasteiger partial charge in [-0.2, -0.15) is 0 Å². The number of rotatable bonds is 4. The highest BCUT2D eigenvalue weighted by molar-refractivity contribution is 8.18. The molecule has 1 atom stereocenters. The molecule has 0 radical (unpaired) electrons. The summed E-state index contributed by atoms with van der Waals surface area (Å²) in [5, 5.41) is 5.28. The minimum absolute atomic E-state index is 0.0250. The smallest absolute Gasteiger partial charge is 0.267 e. The Balaban J connectivity index is 1.52. The fraction of sp³-hybridized carbons (Fsp3) is 0.0625. The number of amidine groups is 1. The molecule has 1 heterocycles. The van der Waals surface area contributed by atoms with Gasteiger partial charge in [-0.15, -0.1) is 0 Å². The van der Waals surface area contributed by atoms with Gasteiger partial charge in [0.25, 0.3) is 5.91 Å². The first kappa shape index (κ1) is 22.3. The van der Waals surface area contributed by atoms with E-state index >= 15 is 0 Å². The molecule has 0 aliphatic carbocycles. The third-order valence-electron chi connectivity index (χ3n) is 6.58. The molecular formula is C32H24N2OS. The molecule has 0 unspecified atom stereocenters. The van der Waals surface area contributed by atoms with Crippen LogP contribution in [0.3, 0.4) is 0 Å². The van der Waals surface area contributed by atoms with Gasteiger partial charge in [0, 0.05) is 0 Å². The van der Waals surface area contributed by atoms with E-state index in [0.717, 1.165) is 38.4 Å². The molecule has 1 aliphatic rings. The van der Waals surface area contributed by atoms with E-state index in [1.807, 2.05) is 53.4 Å². The fourth-order valence-electron chi connectivity index (χ4n) is 4.74. The number of fused-ring (bicyclic) bond motifs is 2. The van der Waals surface area contributed by atoms with Crippen LogP contribution in [-0.4, -0.2) is 16.0 Å². The summed E-state index contributed by atoms with van der Waals surface area (Å²) in [5.41, 5.74) is 2.96. The number of thioether (sulfide) groups is 1. The highest BCUT2D eigenvalue weighted by Gasteiger charge is 2.37. The Labute approximate surface area is 214 Å². The Morgan fingerprint density at radius 1 is 0.750 bits per heavy atom. The van der Waals surface area contributed by atoms with Crippen LogP contribution in [0.5, 0.6) is 0 Å². The maximum atomic E-state index is 14.0. The second-order valence-corrected chi connectivity index (χ2v) is 9.84. The topological polar surface area (TPSA) is 32.7 Å². The molecule has 5 aromatic carbocycles. The maximum absolute atomic E-state index is 14.0. The first-order valence-corrected chi connectivity index (χ1v) is 12.8. The SMILES string of the molecule is C[C@@H](c1ccccc1)N1C(=O)/C(=C\c2c3ccccc3cc3ccccc23)SC1=Nc1ccccc1. The van der Waals surface area contributed by atoms with Gasteiger partial charge in [0.1, 0.15) is 0 Å². The van der Waals surface area contributed by atoms with Crippen molar-refractivity contribution in [2.45, 2.75) is 13.0 Å². The van der Waals surface area contributed by atoms with Gasteiger partial charge in [0.05, 0.1) is 16.6 Å². The number of amides is 1. The zero-order valence-electron chi connectivity index (χ0n) is 19.8. The van der Waals surface area contributed by atoms with Crippen molar-refractivity contribution >= 4 is 56.1 Å². The molecule has 0 bridgehead atoms. The van der Waals surface area contributed by atoms with E-state index < -0.39 is 0 Å². The highest BCUT2D eigenvalue weighted by atomic mass is 32.2. The van der Waals surface area contributed by atoms with E-state index in [4.69, 9.17) is 4.99 Å². The summed E-state index contributed by atoms with van der Waals surface area (Å²) in [7, 11) is 0. The van der Waals surface area contributed by atoms with E-state index in [1.54, 1.807) is 0 Å². The van der Waals surface area contributed by atoms with Crippen molar-refractivity contribution in [1.29, 1.82) is 0 Å². The Morgan fingerprint density at radius 3 is 1.94 bits per heavy atom.